The van der Waals surface area contributed by atoms with Gasteiger partial charge in [0.05, 0.1) is 13.7 Å². The Morgan fingerprint density at radius 1 is 1.18 bits per heavy atom. The Hall–Kier alpha value is -0.700. The molecule has 0 heterocycles. The molecule has 1 aromatic carbocycles. The van der Waals surface area contributed by atoms with Crippen molar-refractivity contribution in [1.29, 1.82) is 0 Å². The van der Waals surface area contributed by atoms with Crippen LogP contribution in [0.1, 0.15) is 31.7 Å². The highest BCUT2D eigenvalue weighted by molar-refractivity contribution is 9.09. The first-order valence-electron chi connectivity index (χ1n) is 6.17. The molecule has 0 amide bonds. The summed E-state index contributed by atoms with van der Waals surface area (Å²) in [6, 6.07) is 6.20. The minimum Gasteiger partial charge on any atom is -0.493 e. The molecule has 1 aromatic rings. The lowest BCUT2D eigenvalue weighted by Crippen LogP contribution is -2.00. The normalized spacial score (nSPS) is 10.3. The monoisotopic (exact) mass is 300 g/mol. The Balaban J connectivity index is 2.58. The van der Waals surface area contributed by atoms with Crippen LogP contribution in [0, 0.1) is 0 Å². The Morgan fingerprint density at radius 3 is 2.65 bits per heavy atom. The first-order chi connectivity index (χ1) is 8.31. The van der Waals surface area contributed by atoms with Crippen LogP contribution in [0.25, 0.3) is 0 Å². The first-order valence-corrected chi connectivity index (χ1v) is 7.29. The zero-order valence-corrected chi connectivity index (χ0v) is 12.3. The van der Waals surface area contributed by atoms with E-state index in [2.05, 4.69) is 35.0 Å². The fourth-order valence-corrected chi connectivity index (χ4v) is 2.05. The SMILES string of the molecule is CCCc1ccc(OCCCCBr)c(OC)c1. The molecular weight excluding hydrogens is 280 g/mol. The Labute approximate surface area is 112 Å². The second-order valence-electron chi connectivity index (χ2n) is 3.98. The van der Waals surface area contributed by atoms with Crippen LogP contribution in [-0.2, 0) is 6.42 Å². The summed E-state index contributed by atoms with van der Waals surface area (Å²) in [5, 5.41) is 1.03. The summed E-state index contributed by atoms with van der Waals surface area (Å²) in [6.45, 7) is 2.92. The predicted molar refractivity (Wildman–Crippen MR) is 75.5 cm³/mol. The number of ether oxygens (including phenoxy) is 2. The number of rotatable bonds is 8. The van der Waals surface area contributed by atoms with E-state index in [4.69, 9.17) is 9.47 Å². The lowest BCUT2D eigenvalue weighted by atomic mass is 10.1. The van der Waals surface area contributed by atoms with Crippen molar-refractivity contribution in [3.8, 4) is 11.5 Å². The molecule has 0 spiro atoms. The van der Waals surface area contributed by atoms with Crippen molar-refractivity contribution in [3.63, 3.8) is 0 Å². The smallest absolute Gasteiger partial charge is 0.161 e. The molecule has 0 unspecified atom stereocenters. The first kappa shape index (κ1) is 14.4. The van der Waals surface area contributed by atoms with Gasteiger partial charge in [-0.15, -0.1) is 0 Å². The molecule has 0 aliphatic carbocycles. The Kier molecular flexibility index (Phi) is 7.10. The zero-order chi connectivity index (χ0) is 12.5. The standard InChI is InChI=1S/C14H21BrO2/c1-3-6-12-7-8-13(14(11-12)16-2)17-10-5-4-9-15/h7-8,11H,3-6,9-10H2,1-2H3. The number of hydrogen-bond acceptors (Lipinski definition) is 2. The quantitative estimate of drug-likeness (QED) is 0.529. The van der Waals surface area contributed by atoms with Gasteiger partial charge in [0.2, 0.25) is 0 Å². The van der Waals surface area contributed by atoms with E-state index in [1.165, 1.54) is 5.56 Å². The highest BCUT2D eigenvalue weighted by Crippen LogP contribution is 2.28. The molecule has 3 heteroatoms. The molecule has 0 aromatic heterocycles. The lowest BCUT2D eigenvalue weighted by Gasteiger charge is -2.11. The number of alkyl halides is 1. The topological polar surface area (TPSA) is 18.5 Å². The second kappa shape index (κ2) is 8.40. The van der Waals surface area contributed by atoms with Crippen LogP contribution in [-0.4, -0.2) is 19.0 Å². The summed E-state index contributed by atoms with van der Waals surface area (Å²) >= 11 is 3.41. The van der Waals surface area contributed by atoms with Crippen molar-refractivity contribution >= 4 is 15.9 Å². The lowest BCUT2D eigenvalue weighted by molar-refractivity contribution is 0.288. The van der Waals surface area contributed by atoms with Crippen LogP contribution in [0.2, 0.25) is 0 Å². The zero-order valence-electron chi connectivity index (χ0n) is 10.7. The number of methoxy groups -OCH3 is 1. The van der Waals surface area contributed by atoms with Crippen LogP contribution < -0.4 is 9.47 Å². The van der Waals surface area contributed by atoms with Gasteiger partial charge in [-0.05, 0) is 37.0 Å². The average Bonchev–Trinajstić information content (AvgIpc) is 2.36. The van der Waals surface area contributed by atoms with Crippen molar-refractivity contribution < 1.29 is 9.47 Å². The van der Waals surface area contributed by atoms with Gasteiger partial charge in [-0.25, -0.2) is 0 Å². The molecule has 0 saturated heterocycles. The van der Waals surface area contributed by atoms with Gasteiger partial charge in [0.1, 0.15) is 0 Å². The maximum Gasteiger partial charge on any atom is 0.161 e. The average molecular weight is 301 g/mol. The predicted octanol–water partition coefficient (Wildman–Crippen LogP) is 4.20. The minimum absolute atomic E-state index is 0.745. The summed E-state index contributed by atoms with van der Waals surface area (Å²) in [6.07, 6.45) is 4.43. The Morgan fingerprint density at radius 2 is 2.00 bits per heavy atom. The van der Waals surface area contributed by atoms with Crippen molar-refractivity contribution in [2.45, 2.75) is 32.6 Å². The third-order valence-electron chi connectivity index (χ3n) is 2.55. The van der Waals surface area contributed by atoms with Crippen molar-refractivity contribution in [2.75, 3.05) is 19.0 Å². The molecule has 0 radical (unpaired) electrons. The van der Waals surface area contributed by atoms with E-state index < -0.39 is 0 Å². The van der Waals surface area contributed by atoms with Gasteiger partial charge in [0.15, 0.2) is 11.5 Å². The van der Waals surface area contributed by atoms with Crippen LogP contribution in [0.4, 0.5) is 0 Å². The summed E-state index contributed by atoms with van der Waals surface area (Å²) in [7, 11) is 1.69. The highest BCUT2D eigenvalue weighted by atomic mass is 79.9. The van der Waals surface area contributed by atoms with Gasteiger partial charge in [0, 0.05) is 5.33 Å². The fraction of sp³-hybridized carbons (Fsp3) is 0.571. The molecule has 17 heavy (non-hydrogen) atoms. The molecule has 0 aliphatic heterocycles. The van der Waals surface area contributed by atoms with E-state index >= 15 is 0 Å². The van der Waals surface area contributed by atoms with Crippen LogP contribution in [0.5, 0.6) is 11.5 Å². The second-order valence-corrected chi connectivity index (χ2v) is 4.77. The van der Waals surface area contributed by atoms with Gasteiger partial charge in [0.25, 0.3) is 0 Å². The van der Waals surface area contributed by atoms with Gasteiger partial charge in [-0.1, -0.05) is 35.3 Å². The van der Waals surface area contributed by atoms with E-state index in [0.29, 0.717) is 0 Å². The van der Waals surface area contributed by atoms with Crippen molar-refractivity contribution in [3.05, 3.63) is 23.8 Å². The summed E-state index contributed by atoms with van der Waals surface area (Å²) < 4.78 is 11.1. The van der Waals surface area contributed by atoms with Gasteiger partial charge >= 0.3 is 0 Å². The number of aryl methyl sites for hydroxylation is 1. The summed E-state index contributed by atoms with van der Waals surface area (Å²) in [4.78, 5) is 0. The van der Waals surface area contributed by atoms with E-state index in [-0.39, 0.29) is 0 Å². The number of unbranched alkanes of at least 4 members (excludes halogenated alkanes) is 1. The van der Waals surface area contributed by atoms with Gasteiger partial charge in [-0.2, -0.15) is 0 Å². The van der Waals surface area contributed by atoms with Gasteiger partial charge < -0.3 is 9.47 Å². The van der Waals surface area contributed by atoms with E-state index in [0.717, 1.165) is 49.1 Å². The number of benzene rings is 1. The third kappa shape index (κ3) is 4.99. The maximum absolute atomic E-state index is 5.72. The van der Waals surface area contributed by atoms with Crippen LogP contribution >= 0.6 is 15.9 Å². The molecule has 96 valence electrons. The highest BCUT2D eigenvalue weighted by Gasteiger charge is 2.05. The largest absolute Gasteiger partial charge is 0.493 e. The maximum atomic E-state index is 5.72. The summed E-state index contributed by atoms with van der Waals surface area (Å²) in [5.74, 6) is 1.69. The van der Waals surface area contributed by atoms with Gasteiger partial charge in [-0.3, -0.25) is 0 Å². The number of halogens is 1. The summed E-state index contributed by atoms with van der Waals surface area (Å²) in [5.41, 5.74) is 1.30. The molecule has 0 bridgehead atoms. The van der Waals surface area contributed by atoms with Crippen LogP contribution in [0.3, 0.4) is 0 Å². The van der Waals surface area contributed by atoms with Crippen molar-refractivity contribution in [2.24, 2.45) is 0 Å². The van der Waals surface area contributed by atoms with E-state index in [1.807, 2.05) is 6.07 Å². The molecular formula is C14H21BrO2. The Bertz CT molecular complexity index is 326. The third-order valence-corrected chi connectivity index (χ3v) is 3.11. The molecule has 0 atom stereocenters. The molecule has 0 N–H and O–H groups in total. The molecule has 0 saturated carbocycles. The minimum atomic E-state index is 0.745. The number of hydrogen-bond donors (Lipinski definition) is 0. The van der Waals surface area contributed by atoms with E-state index in [9.17, 15) is 0 Å². The van der Waals surface area contributed by atoms with Crippen molar-refractivity contribution in [1.82, 2.24) is 0 Å². The molecule has 1 rings (SSSR count). The molecule has 0 aliphatic rings. The van der Waals surface area contributed by atoms with Crippen LogP contribution in [0.15, 0.2) is 18.2 Å². The molecule has 2 nitrogen and oxygen atoms in total. The molecule has 0 fully saturated rings. The fourth-order valence-electron chi connectivity index (χ4n) is 1.65. The van der Waals surface area contributed by atoms with E-state index in [1.54, 1.807) is 7.11 Å².